The lowest BCUT2D eigenvalue weighted by Gasteiger charge is -2.06. The minimum absolute atomic E-state index is 0.116. The van der Waals surface area contributed by atoms with E-state index in [1.807, 2.05) is 6.07 Å². The molecular formula is C11H10N4O2. The number of methoxy groups -OCH3 is 1. The van der Waals surface area contributed by atoms with Crippen LogP contribution in [0.2, 0.25) is 0 Å². The zero-order valence-corrected chi connectivity index (χ0v) is 9.68. The first-order valence-corrected chi connectivity index (χ1v) is 4.94. The van der Waals surface area contributed by atoms with Crippen molar-refractivity contribution in [3.8, 4) is 6.07 Å². The molecule has 0 saturated heterocycles. The molecule has 2 rings (SSSR count). The topological polar surface area (TPSA) is 80.3 Å². The first-order chi connectivity index (χ1) is 8.08. The van der Waals surface area contributed by atoms with Gasteiger partial charge in [-0.1, -0.05) is 0 Å². The molecule has 0 saturated carbocycles. The summed E-state index contributed by atoms with van der Waals surface area (Å²) in [6.07, 6.45) is 0. The molecule has 2 aromatic heterocycles. The Morgan fingerprint density at radius 3 is 2.82 bits per heavy atom. The second-order valence-corrected chi connectivity index (χ2v) is 3.58. The van der Waals surface area contributed by atoms with Gasteiger partial charge in [-0.25, -0.2) is 14.3 Å². The maximum atomic E-state index is 11.7. The lowest BCUT2D eigenvalue weighted by atomic mass is 10.1. The Hall–Kier alpha value is -2.42. The standard InChI is InChI=1S/C11H10N4O2/c1-6-4-9-13-7(2)14-15(9)10(8(6)5-12)11(16)17-3/h4H,1-3H3. The Labute approximate surface area is 97.4 Å². The van der Waals surface area contributed by atoms with E-state index in [1.165, 1.54) is 11.6 Å². The van der Waals surface area contributed by atoms with Gasteiger partial charge >= 0.3 is 5.97 Å². The molecule has 0 unspecified atom stereocenters. The van der Waals surface area contributed by atoms with E-state index in [1.54, 1.807) is 19.9 Å². The summed E-state index contributed by atoms with van der Waals surface area (Å²) in [5, 5.41) is 13.2. The van der Waals surface area contributed by atoms with E-state index in [0.717, 1.165) is 0 Å². The van der Waals surface area contributed by atoms with Crippen molar-refractivity contribution in [3.63, 3.8) is 0 Å². The van der Waals surface area contributed by atoms with Crippen molar-refractivity contribution in [1.82, 2.24) is 14.6 Å². The van der Waals surface area contributed by atoms with Crippen molar-refractivity contribution < 1.29 is 9.53 Å². The number of pyridine rings is 1. The molecule has 2 heterocycles. The fraction of sp³-hybridized carbons (Fsp3) is 0.273. The van der Waals surface area contributed by atoms with Crippen LogP contribution in [0.5, 0.6) is 0 Å². The molecule has 0 amide bonds. The summed E-state index contributed by atoms with van der Waals surface area (Å²) in [5.74, 6) is -0.0650. The first-order valence-electron chi connectivity index (χ1n) is 4.94. The lowest BCUT2D eigenvalue weighted by molar-refractivity contribution is 0.0590. The van der Waals surface area contributed by atoms with E-state index < -0.39 is 5.97 Å². The second kappa shape index (κ2) is 3.87. The normalized spacial score (nSPS) is 10.2. The minimum atomic E-state index is -0.597. The van der Waals surface area contributed by atoms with Crippen molar-refractivity contribution in [2.75, 3.05) is 7.11 Å². The largest absolute Gasteiger partial charge is 0.464 e. The van der Waals surface area contributed by atoms with Gasteiger partial charge in [-0.3, -0.25) is 0 Å². The highest BCUT2D eigenvalue weighted by Gasteiger charge is 2.20. The molecule has 0 fully saturated rings. The van der Waals surface area contributed by atoms with E-state index >= 15 is 0 Å². The number of aryl methyl sites for hydroxylation is 2. The number of hydrogen-bond donors (Lipinski definition) is 0. The Morgan fingerprint density at radius 1 is 1.53 bits per heavy atom. The van der Waals surface area contributed by atoms with Crippen LogP contribution in [0, 0.1) is 25.2 Å². The Morgan fingerprint density at radius 2 is 2.24 bits per heavy atom. The molecule has 0 spiro atoms. The van der Waals surface area contributed by atoms with Crippen molar-refractivity contribution in [1.29, 1.82) is 5.26 Å². The number of hydrogen-bond acceptors (Lipinski definition) is 5. The maximum absolute atomic E-state index is 11.7. The van der Waals surface area contributed by atoms with Gasteiger partial charge in [-0.2, -0.15) is 10.4 Å². The second-order valence-electron chi connectivity index (χ2n) is 3.58. The van der Waals surface area contributed by atoms with E-state index in [4.69, 9.17) is 5.26 Å². The Balaban J connectivity index is 2.92. The zero-order chi connectivity index (χ0) is 12.6. The fourth-order valence-corrected chi connectivity index (χ4v) is 1.67. The molecule has 6 heteroatoms. The SMILES string of the molecule is COC(=O)c1c(C#N)c(C)cc2nc(C)nn12. The number of aromatic nitrogens is 3. The molecule has 0 radical (unpaired) electrons. The van der Waals surface area contributed by atoms with Crippen LogP contribution in [-0.4, -0.2) is 27.7 Å². The van der Waals surface area contributed by atoms with Gasteiger partial charge in [0.25, 0.3) is 0 Å². The number of esters is 1. The van der Waals surface area contributed by atoms with Crippen LogP contribution in [0.3, 0.4) is 0 Å². The molecule has 0 aliphatic rings. The highest BCUT2D eigenvalue weighted by atomic mass is 16.5. The highest BCUT2D eigenvalue weighted by Crippen LogP contribution is 2.17. The van der Waals surface area contributed by atoms with Gasteiger partial charge in [0.15, 0.2) is 11.3 Å². The molecule has 2 aromatic rings. The molecule has 6 nitrogen and oxygen atoms in total. The number of ether oxygens (including phenoxy) is 1. The van der Waals surface area contributed by atoms with Crippen LogP contribution < -0.4 is 0 Å². The Bertz CT molecular complexity index is 652. The third kappa shape index (κ3) is 1.61. The van der Waals surface area contributed by atoms with Gasteiger partial charge < -0.3 is 4.74 Å². The molecule has 0 bridgehead atoms. The van der Waals surface area contributed by atoms with E-state index in [9.17, 15) is 4.79 Å². The molecule has 17 heavy (non-hydrogen) atoms. The van der Waals surface area contributed by atoms with Gasteiger partial charge in [0.2, 0.25) is 0 Å². The van der Waals surface area contributed by atoms with Crippen molar-refractivity contribution in [2.24, 2.45) is 0 Å². The number of carbonyl (C=O) groups is 1. The highest BCUT2D eigenvalue weighted by molar-refractivity contribution is 5.91. The summed E-state index contributed by atoms with van der Waals surface area (Å²) in [7, 11) is 1.27. The van der Waals surface area contributed by atoms with E-state index in [2.05, 4.69) is 14.8 Å². The van der Waals surface area contributed by atoms with Crippen LogP contribution in [0.4, 0.5) is 0 Å². The monoisotopic (exact) mass is 230 g/mol. The van der Waals surface area contributed by atoms with Gasteiger partial charge in [0, 0.05) is 0 Å². The summed E-state index contributed by atoms with van der Waals surface area (Å²) < 4.78 is 6.01. The quantitative estimate of drug-likeness (QED) is 0.683. The summed E-state index contributed by atoms with van der Waals surface area (Å²) in [5.41, 5.74) is 1.58. The van der Waals surface area contributed by atoms with Crippen LogP contribution in [-0.2, 0) is 4.74 Å². The third-order valence-corrected chi connectivity index (χ3v) is 2.42. The van der Waals surface area contributed by atoms with Crippen molar-refractivity contribution in [3.05, 3.63) is 28.7 Å². The van der Waals surface area contributed by atoms with Gasteiger partial charge in [0.1, 0.15) is 11.9 Å². The first kappa shape index (κ1) is 11.1. The lowest BCUT2D eigenvalue weighted by Crippen LogP contribution is -2.13. The molecule has 86 valence electrons. The number of carbonyl (C=O) groups excluding carboxylic acids is 1. The number of fused-ring (bicyclic) bond motifs is 1. The van der Waals surface area contributed by atoms with E-state index in [0.29, 0.717) is 17.0 Å². The molecule has 0 aromatic carbocycles. The van der Waals surface area contributed by atoms with E-state index in [-0.39, 0.29) is 11.3 Å². The summed E-state index contributed by atoms with van der Waals surface area (Å²) >= 11 is 0. The summed E-state index contributed by atoms with van der Waals surface area (Å²) in [6, 6.07) is 3.70. The van der Waals surface area contributed by atoms with Crippen molar-refractivity contribution in [2.45, 2.75) is 13.8 Å². The summed E-state index contributed by atoms with van der Waals surface area (Å²) in [4.78, 5) is 15.9. The zero-order valence-electron chi connectivity index (χ0n) is 9.68. The number of nitrogens with zero attached hydrogens (tertiary/aromatic N) is 4. The fourth-order valence-electron chi connectivity index (χ4n) is 1.67. The molecule has 0 atom stereocenters. The maximum Gasteiger partial charge on any atom is 0.358 e. The predicted molar refractivity (Wildman–Crippen MR) is 58.5 cm³/mol. The minimum Gasteiger partial charge on any atom is -0.464 e. The summed E-state index contributed by atoms with van der Waals surface area (Å²) in [6.45, 7) is 3.46. The average Bonchev–Trinajstić information content (AvgIpc) is 2.66. The predicted octanol–water partition coefficient (Wildman–Crippen LogP) is 1.00. The van der Waals surface area contributed by atoms with Crippen LogP contribution in [0.25, 0.3) is 5.65 Å². The smallest absolute Gasteiger partial charge is 0.358 e. The number of rotatable bonds is 1. The van der Waals surface area contributed by atoms with Crippen LogP contribution in [0.1, 0.15) is 27.4 Å². The van der Waals surface area contributed by atoms with Crippen molar-refractivity contribution >= 4 is 11.6 Å². The molecule has 0 aliphatic heterocycles. The van der Waals surface area contributed by atoms with Gasteiger partial charge in [-0.05, 0) is 25.5 Å². The van der Waals surface area contributed by atoms with Crippen LogP contribution >= 0.6 is 0 Å². The number of nitriles is 1. The Kier molecular flexibility index (Phi) is 2.52. The third-order valence-electron chi connectivity index (χ3n) is 2.42. The van der Waals surface area contributed by atoms with Gasteiger partial charge in [0.05, 0.1) is 12.7 Å². The van der Waals surface area contributed by atoms with Gasteiger partial charge in [-0.15, -0.1) is 0 Å². The molecular weight excluding hydrogens is 220 g/mol. The van der Waals surface area contributed by atoms with Crippen LogP contribution in [0.15, 0.2) is 6.07 Å². The average molecular weight is 230 g/mol. The molecule has 0 N–H and O–H groups in total. The molecule has 0 aliphatic carbocycles.